The van der Waals surface area contributed by atoms with Crippen LogP contribution < -0.4 is 15.8 Å². The van der Waals surface area contributed by atoms with Gasteiger partial charge in [-0.25, -0.2) is 0 Å². The second-order valence-electron chi connectivity index (χ2n) is 6.56. The van der Waals surface area contributed by atoms with E-state index in [1.54, 1.807) is 19.2 Å². The number of nitrogens with zero attached hydrogens (tertiary/aromatic N) is 1. The van der Waals surface area contributed by atoms with Gasteiger partial charge in [-0.1, -0.05) is 25.6 Å². The van der Waals surface area contributed by atoms with Crippen molar-refractivity contribution >= 4 is 21.8 Å². The van der Waals surface area contributed by atoms with Crippen molar-refractivity contribution in [3.8, 4) is 5.75 Å². The van der Waals surface area contributed by atoms with Gasteiger partial charge in [0.25, 0.3) is 5.91 Å². The van der Waals surface area contributed by atoms with E-state index >= 15 is 0 Å². The number of amides is 1. The van der Waals surface area contributed by atoms with Gasteiger partial charge in [-0.2, -0.15) is 0 Å². The van der Waals surface area contributed by atoms with Gasteiger partial charge >= 0.3 is 0 Å². The zero-order chi connectivity index (χ0) is 20.9. The summed E-state index contributed by atoms with van der Waals surface area (Å²) in [5, 5.41) is 13.9. The quantitative estimate of drug-likeness (QED) is 0.560. The third-order valence-corrected chi connectivity index (χ3v) is 5.27. The number of hydrogen-bond acceptors (Lipinski definition) is 5. The Morgan fingerprint density at radius 2 is 2.00 bits per heavy atom. The first-order valence-electron chi connectivity index (χ1n) is 8.94. The molecule has 1 aliphatic rings. The van der Waals surface area contributed by atoms with Gasteiger partial charge in [-0.05, 0) is 59.1 Å². The number of nitrogens with two attached hydrogens (primary N) is 1. The molecule has 0 saturated carbocycles. The molecule has 5 N–H and O–H groups in total. The number of carbonyl (C=O) groups is 1. The Morgan fingerprint density at radius 3 is 2.43 bits per heavy atom. The fourth-order valence-corrected chi connectivity index (χ4v) is 3.41. The van der Waals surface area contributed by atoms with E-state index < -0.39 is 11.6 Å². The van der Waals surface area contributed by atoms with Crippen LogP contribution in [0.4, 0.5) is 0 Å². The molecule has 3 rings (SSSR count). The molecule has 1 aromatic heterocycles. The average Bonchev–Trinajstić information content (AvgIpc) is 3.20. The number of aromatic amines is 1. The van der Waals surface area contributed by atoms with Crippen LogP contribution in [0.2, 0.25) is 0 Å². The molecule has 1 aliphatic heterocycles. The maximum absolute atomic E-state index is 10.7. The predicted molar refractivity (Wildman–Crippen MR) is 113 cm³/mol. The first-order chi connectivity index (χ1) is 13.2. The van der Waals surface area contributed by atoms with Gasteiger partial charge in [0.05, 0.1) is 23.6 Å². The monoisotopic (exact) mass is 450 g/mol. The van der Waals surface area contributed by atoms with E-state index in [1.807, 2.05) is 43.0 Å². The number of primary amides is 1. The first-order valence-corrected chi connectivity index (χ1v) is 9.73. The van der Waals surface area contributed by atoms with Crippen molar-refractivity contribution in [3.63, 3.8) is 0 Å². The van der Waals surface area contributed by atoms with Gasteiger partial charge in [0.2, 0.25) is 0 Å². The Kier molecular flexibility index (Phi) is 7.15. The zero-order valence-corrected chi connectivity index (χ0v) is 17.9. The van der Waals surface area contributed by atoms with E-state index in [9.17, 15) is 9.90 Å². The van der Waals surface area contributed by atoms with Crippen LogP contribution in [0.3, 0.4) is 0 Å². The molecule has 7 nitrogen and oxygen atoms in total. The van der Waals surface area contributed by atoms with E-state index in [-0.39, 0.29) is 6.04 Å². The fourth-order valence-electron chi connectivity index (χ4n) is 3.07. The summed E-state index contributed by atoms with van der Waals surface area (Å²) in [6.45, 7) is 8.58. The van der Waals surface area contributed by atoms with Gasteiger partial charge in [-0.15, -0.1) is 0 Å². The van der Waals surface area contributed by atoms with E-state index in [0.717, 1.165) is 21.7 Å². The van der Waals surface area contributed by atoms with Crippen LogP contribution in [0.5, 0.6) is 5.75 Å². The number of halogens is 1. The SMILES string of the molecule is C=C1N[C@@H](C)[C@@](O)(CC)N1Cc1ccc(OC)cc1.NC(=O)c1ccc(Br)[nH]1. The van der Waals surface area contributed by atoms with E-state index in [1.165, 1.54) is 0 Å². The number of hydrogen-bond donors (Lipinski definition) is 4. The molecule has 2 atom stereocenters. The summed E-state index contributed by atoms with van der Waals surface area (Å²) in [5.74, 6) is 1.16. The highest BCUT2D eigenvalue weighted by Gasteiger charge is 2.45. The Bertz CT molecular complexity index is 821. The van der Waals surface area contributed by atoms with Gasteiger partial charge in [0, 0.05) is 6.54 Å². The molecular weight excluding hydrogens is 424 g/mol. The molecule has 2 aromatic rings. The molecule has 152 valence electrons. The average molecular weight is 451 g/mol. The summed E-state index contributed by atoms with van der Waals surface area (Å²) in [7, 11) is 1.65. The zero-order valence-electron chi connectivity index (χ0n) is 16.3. The number of aliphatic hydroxyl groups is 1. The second-order valence-corrected chi connectivity index (χ2v) is 7.42. The summed E-state index contributed by atoms with van der Waals surface area (Å²) < 4.78 is 5.91. The van der Waals surface area contributed by atoms with Crippen molar-refractivity contribution in [1.82, 2.24) is 15.2 Å². The Balaban J connectivity index is 0.000000261. The molecule has 0 spiro atoms. The molecule has 0 bridgehead atoms. The lowest BCUT2D eigenvalue weighted by molar-refractivity contribution is -0.0861. The highest BCUT2D eigenvalue weighted by atomic mass is 79.9. The normalized spacial score (nSPS) is 21.0. The number of nitrogens with one attached hydrogen (secondary N) is 2. The molecule has 28 heavy (non-hydrogen) atoms. The van der Waals surface area contributed by atoms with Crippen LogP contribution in [-0.2, 0) is 6.54 Å². The standard InChI is InChI=1S/C15H22N2O2.C5H5BrN2O/c1-5-15(18)11(2)16-12(3)17(15)10-13-6-8-14(19-4)9-7-13;6-4-2-1-3(8-4)5(7)9/h6-9,11,16,18H,3,5,10H2,1-2,4H3;1-2,8H,(H2,7,9)/t11-,15-;/m0./s1. The minimum Gasteiger partial charge on any atom is -0.497 e. The highest BCUT2D eigenvalue weighted by Crippen LogP contribution is 2.32. The summed E-state index contributed by atoms with van der Waals surface area (Å²) >= 11 is 3.14. The number of methoxy groups -OCH3 is 1. The highest BCUT2D eigenvalue weighted by molar-refractivity contribution is 9.10. The molecule has 1 aromatic carbocycles. The summed E-state index contributed by atoms with van der Waals surface area (Å²) in [6, 6.07) is 11.2. The Hall–Kier alpha value is -2.45. The second kappa shape index (κ2) is 9.16. The molecule has 0 radical (unpaired) electrons. The van der Waals surface area contributed by atoms with Crippen LogP contribution in [0.15, 0.2) is 53.4 Å². The van der Waals surface area contributed by atoms with Crippen molar-refractivity contribution in [2.24, 2.45) is 5.73 Å². The number of aromatic nitrogens is 1. The molecule has 2 heterocycles. The number of ether oxygens (including phenoxy) is 1. The molecular formula is C20H27BrN4O3. The summed E-state index contributed by atoms with van der Waals surface area (Å²) in [4.78, 5) is 15.0. The van der Waals surface area contributed by atoms with Crippen molar-refractivity contribution in [2.45, 2.75) is 38.6 Å². The molecule has 1 saturated heterocycles. The van der Waals surface area contributed by atoms with Gasteiger partial charge in [0.1, 0.15) is 11.4 Å². The van der Waals surface area contributed by atoms with E-state index in [4.69, 9.17) is 10.5 Å². The van der Waals surface area contributed by atoms with Crippen molar-refractivity contribution in [1.29, 1.82) is 0 Å². The minimum atomic E-state index is -0.878. The lowest BCUT2D eigenvalue weighted by Crippen LogP contribution is -2.49. The Morgan fingerprint density at radius 1 is 1.36 bits per heavy atom. The van der Waals surface area contributed by atoms with E-state index in [0.29, 0.717) is 18.7 Å². The maximum atomic E-state index is 10.7. The molecule has 0 unspecified atom stereocenters. The maximum Gasteiger partial charge on any atom is 0.265 e. The van der Waals surface area contributed by atoms with E-state index in [2.05, 4.69) is 32.8 Å². The summed E-state index contributed by atoms with van der Waals surface area (Å²) in [5.41, 5.74) is 5.59. The molecule has 1 fully saturated rings. The number of benzene rings is 1. The van der Waals surface area contributed by atoms with Gasteiger partial charge in [-0.3, -0.25) is 4.79 Å². The van der Waals surface area contributed by atoms with Crippen LogP contribution in [0, 0.1) is 0 Å². The Labute approximate surface area is 173 Å². The van der Waals surface area contributed by atoms with Crippen LogP contribution >= 0.6 is 15.9 Å². The predicted octanol–water partition coefficient (Wildman–Crippen LogP) is 2.93. The molecule has 0 aliphatic carbocycles. The third kappa shape index (κ3) is 4.88. The fraction of sp³-hybridized carbons (Fsp3) is 0.350. The lowest BCUT2D eigenvalue weighted by Gasteiger charge is -2.35. The number of H-pyrrole nitrogens is 1. The summed E-state index contributed by atoms with van der Waals surface area (Å²) in [6.07, 6.45) is 0.649. The smallest absolute Gasteiger partial charge is 0.265 e. The van der Waals surface area contributed by atoms with Crippen LogP contribution in [-0.4, -0.2) is 39.8 Å². The van der Waals surface area contributed by atoms with Crippen molar-refractivity contribution in [2.75, 3.05) is 7.11 Å². The van der Waals surface area contributed by atoms with Crippen molar-refractivity contribution < 1.29 is 14.6 Å². The van der Waals surface area contributed by atoms with Crippen molar-refractivity contribution in [3.05, 3.63) is 64.7 Å². The topological polar surface area (TPSA) is 104 Å². The van der Waals surface area contributed by atoms with Crippen LogP contribution in [0.1, 0.15) is 36.3 Å². The number of carbonyl (C=O) groups excluding carboxylic acids is 1. The van der Waals surface area contributed by atoms with Gasteiger partial charge in [0.15, 0.2) is 5.72 Å². The largest absolute Gasteiger partial charge is 0.497 e. The van der Waals surface area contributed by atoms with Crippen LogP contribution in [0.25, 0.3) is 0 Å². The minimum absolute atomic E-state index is 0.0248. The molecule has 8 heteroatoms. The van der Waals surface area contributed by atoms with Gasteiger partial charge < -0.3 is 30.8 Å². The first kappa shape index (κ1) is 21.8. The molecule has 1 amide bonds. The third-order valence-electron chi connectivity index (χ3n) is 4.81. The lowest BCUT2D eigenvalue weighted by atomic mass is 10.0. The number of rotatable bonds is 5.